The van der Waals surface area contributed by atoms with E-state index in [4.69, 9.17) is 0 Å². The van der Waals surface area contributed by atoms with E-state index in [1.807, 2.05) is 0 Å². The van der Waals surface area contributed by atoms with Gasteiger partial charge < -0.3 is 15.3 Å². The zero-order valence-electron chi connectivity index (χ0n) is 10.8. The second kappa shape index (κ2) is 5.47. The first-order valence-electron chi connectivity index (χ1n) is 6.11. The summed E-state index contributed by atoms with van der Waals surface area (Å²) in [6.07, 6.45) is -0.397. The number of nitrogens with zero attached hydrogens (tertiary/aromatic N) is 1. The molecule has 3 N–H and O–H groups in total. The van der Waals surface area contributed by atoms with Crippen LogP contribution in [0.25, 0.3) is 0 Å². The minimum absolute atomic E-state index is 0.157. The number of ketones is 1. The lowest BCUT2D eigenvalue weighted by Crippen LogP contribution is -2.39. The van der Waals surface area contributed by atoms with Crippen molar-refractivity contribution >= 4 is 5.78 Å². The molecule has 0 aromatic heterocycles. The van der Waals surface area contributed by atoms with Crippen LogP contribution in [0.3, 0.4) is 0 Å². The molecule has 7 heteroatoms. The lowest BCUT2D eigenvalue weighted by molar-refractivity contribution is -0.607. The van der Waals surface area contributed by atoms with Crippen molar-refractivity contribution in [1.29, 1.82) is 0 Å². The maximum atomic E-state index is 12.1. The van der Waals surface area contributed by atoms with Crippen LogP contribution in [-0.2, 0) is 0 Å². The SMILES string of the molecule is O=C(c1ccccc1)C(O)C1=CCC(O)([N+](=O)[O-])C=C1O. The summed E-state index contributed by atoms with van der Waals surface area (Å²) in [5.74, 6) is -1.33. The molecule has 1 aromatic rings. The van der Waals surface area contributed by atoms with Crippen LogP contribution in [0.4, 0.5) is 0 Å². The highest BCUT2D eigenvalue weighted by Crippen LogP contribution is 2.28. The average Bonchev–Trinajstić information content (AvgIpc) is 2.46. The third-order valence-electron chi connectivity index (χ3n) is 3.20. The number of rotatable bonds is 4. The number of aliphatic hydroxyl groups excluding tert-OH is 2. The normalized spacial score (nSPS) is 23.0. The number of hydrogen-bond donors (Lipinski definition) is 3. The maximum Gasteiger partial charge on any atom is 0.349 e. The molecule has 2 atom stereocenters. The molecule has 0 spiro atoms. The van der Waals surface area contributed by atoms with Crippen LogP contribution in [0.1, 0.15) is 16.8 Å². The van der Waals surface area contributed by atoms with Gasteiger partial charge in [-0.1, -0.05) is 36.4 Å². The summed E-state index contributed by atoms with van der Waals surface area (Å²) in [6.45, 7) is 0. The molecule has 0 heterocycles. The van der Waals surface area contributed by atoms with Crippen LogP contribution in [0.2, 0.25) is 0 Å². The molecule has 0 bridgehead atoms. The minimum Gasteiger partial charge on any atom is -0.508 e. The molecule has 0 saturated carbocycles. The first-order valence-corrected chi connectivity index (χ1v) is 6.11. The third kappa shape index (κ3) is 2.83. The predicted molar refractivity (Wildman–Crippen MR) is 72.1 cm³/mol. The third-order valence-corrected chi connectivity index (χ3v) is 3.20. The van der Waals surface area contributed by atoms with Gasteiger partial charge in [0.15, 0.2) is 5.78 Å². The van der Waals surface area contributed by atoms with E-state index >= 15 is 0 Å². The molecule has 21 heavy (non-hydrogen) atoms. The van der Waals surface area contributed by atoms with Gasteiger partial charge in [-0.05, 0) is 0 Å². The van der Waals surface area contributed by atoms with E-state index in [9.17, 15) is 30.2 Å². The molecular formula is C14H13NO6. The number of nitro groups is 1. The molecule has 110 valence electrons. The van der Waals surface area contributed by atoms with E-state index in [-0.39, 0.29) is 11.1 Å². The van der Waals surface area contributed by atoms with Crippen LogP contribution < -0.4 is 0 Å². The van der Waals surface area contributed by atoms with E-state index in [1.165, 1.54) is 12.1 Å². The standard InChI is InChI=1S/C14H13NO6/c16-11-8-14(19,15(20)21)7-6-10(11)13(18)12(17)9-4-2-1-3-5-9/h1-6,8,13,16,18-19H,7H2. The van der Waals surface area contributed by atoms with Gasteiger partial charge in [0.2, 0.25) is 0 Å². The summed E-state index contributed by atoms with van der Waals surface area (Å²) in [5.41, 5.74) is -2.34. The predicted octanol–water partition coefficient (Wildman–Crippen LogP) is 0.968. The monoisotopic (exact) mass is 291 g/mol. The highest BCUT2D eigenvalue weighted by molar-refractivity contribution is 6.01. The Morgan fingerprint density at radius 3 is 2.48 bits per heavy atom. The van der Waals surface area contributed by atoms with Crippen molar-refractivity contribution < 1.29 is 25.0 Å². The first-order chi connectivity index (χ1) is 9.85. The fraction of sp³-hybridized carbons (Fsp3) is 0.214. The molecule has 1 aromatic carbocycles. The van der Waals surface area contributed by atoms with Gasteiger partial charge in [0, 0.05) is 11.1 Å². The number of aliphatic hydroxyl groups is 3. The van der Waals surface area contributed by atoms with Gasteiger partial charge in [-0.25, -0.2) is 0 Å². The molecule has 1 aliphatic carbocycles. The minimum atomic E-state index is -2.43. The Bertz CT molecular complexity index is 636. The fourth-order valence-electron chi connectivity index (χ4n) is 2.01. The number of benzene rings is 1. The summed E-state index contributed by atoms with van der Waals surface area (Å²) in [7, 11) is 0. The number of Topliss-reactive ketones (excluding diaryl/α,β-unsaturated/α-hetero) is 1. The van der Waals surface area contributed by atoms with Crippen LogP contribution in [-0.4, -0.2) is 37.9 Å². The van der Waals surface area contributed by atoms with Gasteiger partial charge in [-0.3, -0.25) is 14.9 Å². The second-order valence-corrected chi connectivity index (χ2v) is 4.66. The summed E-state index contributed by atoms with van der Waals surface area (Å²) in [6, 6.07) is 7.95. The summed E-state index contributed by atoms with van der Waals surface area (Å²) in [4.78, 5) is 21.8. The van der Waals surface area contributed by atoms with Gasteiger partial charge in [-0.15, -0.1) is 0 Å². The zero-order valence-corrected chi connectivity index (χ0v) is 10.8. The molecule has 7 nitrogen and oxygen atoms in total. The van der Waals surface area contributed by atoms with Crippen LogP contribution in [0.5, 0.6) is 0 Å². The van der Waals surface area contributed by atoms with Gasteiger partial charge in [-0.2, -0.15) is 0 Å². The van der Waals surface area contributed by atoms with Crippen molar-refractivity contribution in [2.75, 3.05) is 0 Å². The summed E-state index contributed by atoms with van der Waals surface area (Å²) in [5, 5.41) is 40.1. The van der Waals surface area contributed by atoms with E-state index in [2.05, 4.69) is 0 Å². The number of carbonyl (C=O) groups excluding carboxylic acids is 1. The van der Waals surface area contributed by atoms with Crippen molar-refractivity contribution in [3.05, 3.63) is 69.5 Å². The van der Waals surface area contributed by atoms with Crippen LogP contribution in [0.15, 0.2) is 53.8 Å². The van der Waals surface area contributed by atoms with E-state index < -0.39 is 34.7 Å². The van der Waals surface area contributed by atoms with Crippen molar-refractivity contribution in [3.8, 4) is 0 Å². The molecule has 2 rings (SSSR count). The summed E-state index contributed by atoms with van der Waals surface area (Å²) >= 11 is 0. The van der Waals surface area contributed by atoms with E-state index in [0.717, 1.165) is 6.08 Å². The molecule has 0 fully saturated rings. The topological polar surface area (TPSA) is 121 Å². The van der Waals surface area contributed by atoms with Crippen molar-refractivity contribution in [3.63, 3.8) is 0 Å². The molecule has 0 saturated heterocycles. The number of carbonyl (C=O) groups is 1. The van der Waals surface area contributed by atoms with E-state index in [1.54, 1.807) is 18.2 Å². The van der Waals surface area contributed by atoms with Crippen LogP contribution in [0, 0.1) is 10.1 Å². The Balaban J connectivity index is 2.24. The van der Waals surface area contributed by atoms with Gasteiger partial charge in [0.25, 0.3) is 0 Å². The zero-order chi connectivity index (χ0) is 15.6. The van der Waals surface area contributed by atoms with Gasteiger partial charge in [0.1, 0.15) is 11.9 Å². The second-order valence-electron chi connectivity index (χ2n) is 4.66. The average molecular weight is 291 g/mol. The Morgan fingerprint density at radius 2 is 1.95 bits per heavy atom. The first kappa shape index (κ1) is 14.9. The quantitative estimate of drug-likeness (QED) is 0.329. The van der Waals surface area contributed by atoms with Crippen molar-refractivity contribution in [1.82, 2.24) is 0 Å². The van der Waals surface area contributed by atoms with Crippen molar-refractivity contribution in [2.24, 2.45) is 0 Å². The Kier molecular flexibility index (Phi) is 3.88. The smallest absolute Gasteiger partial charge is 0.349 e. The molecule has 0 radical (unpaired) electrons. The highest BCUT2D eigenvalue weighted by atomic mass is 16.7. The molecule has 2 unspecified atom stereocenters. The molecule has 0 aliphatic heterocycles. The lowest BCUT2D eigenvalue weighted by atomic mass is 9.91. The highest BCUT2D eigenvalue weighted by Gasteiger charge is 2.42. The van der Waals surface area contributed by atoms with Crippen LogP contribution >= 0.6 is 0 Å². The van der Waals surface area contributed by atoms with E-state index in [0.29, 0.717) is 6.08 Å². The molecule has 0 amide bonds. The van der Waals surface area contributed by atoms with Gasteiger partial charge in [0.05, 0.1) is 17.4 Å². The fourth-order valence-corrected chi connectivity index (χ4v) is 2.01. The Morgan fingerprint density at radius 1 is 1.33 bits per heavy atom. The Labute approximate surface area is 119 Å². The summed E-state index contributed by atoms with van der Waals surface area (Å²) < 4.78 is 0. The van der Waals surface area contributed by atoms with Gasteiger partial charge >= 0.3 is 5.72 Å². The lowest BCUT2D eigenvalue weighted by Gasteiger charge is -2.22. The maximum absolute atomic E-state index is 12.1. The molecule has 1 aliphatic rings. The largest absolute Gasteiger partial charge is 0.508 e. The Hall–Kier alpha value is -2.51. The number of hydrogen-bond acceptors (Lipinski definition) is 6. The molecular weight excluding hydrogens is 278 g/mol. The van der Waals surface area contributed by atoms with Crippen molar-refractivity contribution in [2.45, 2.75) is 18.2 Å².